The van der Waals surface area contributed by atoms with Gasteiger partial charge in [0.25, 0.3) is 5.91 Å². The number of fused-ring (bicyclic) bond motifs is 1. The summed E-state index contributed by atoms with van der Waals surface area (Å²) in [4.78, 5) is 17.0. The first-order valence-corrected chi connectivity index (χ1v) is 9.83. The molecule has 2 N–H and O–H groups in total. The number of aromatic nitrogens is 2. The Labute approximate surface area is 164 Å². The van der Waals surface area contributed by atoms with Gasteiger partial charge in [0.15, 0.2) is 0 Å². The molecule has 2 aromatic heterocycles. The molecule has 0 aliphatic carbocycles. The van der Waals surface area contributed by atoms with Gasteiger partial charge in [0, 0.05) is 24.5 Å². The van der Waals surface area contributed by atoms with Gasteiger partial charge in [-0.15, -0.1) is 0 Å². The van der Waals surface area contributed by atoms with Crippen molar-refractivity contribution in [3.63, 3.8) is 0 Å². The Kier molecular flexibility index (Phi) is 5.58. The highest BCUT2D eigenvalue weighted by Crippen LogP contribution is 2.16. The molecule has 1 fully saturated rings. The first-order valence-electron chi connectivity index (χ1n) is 9.83. The second-order valence-corrected chi connectivity index (χ2v) is 7.42. The predicted octanol–water partition coefficient (Wildman–Crippen LogP) is 2.95. The molecule has 3 aromatic rings. The van der Waals surface area contributed by atoms with E-state index >= 15 is 0 Å². The Hall–Kier alpha value is -2.86. The molecule has 1 saturated heterocycles. The SMILES string of the molecule is Cc1ccc2nc(COc3cccc(C(=O)NCCC4CCNC4)c3)cn2c1. The molecule has 6 heteroatoms. The molecular weight excluding hydrogens is 352 g/mol. The summed E-state index contributed by atoms with van der Waals surface area (Å²) in [6.45, 7) is 5.26. The van der Waals surface area contributed by atoms with Crippen LogP contribution in [0.4, 0.5) is 0 Å². The molecule has 1 amide bonds. The number of hydrogen-bond acceptors (Lipinski definition) is 4. The molecule has 1 aliphatic rings. The number of imidazole rings is 1. The van der Waals surface area contributed by atoms with Gasteiger partial charge in [-0.25, -0.2) is 4.98 Å². The number of benzene rings is 1. The number of carbonyl (C=O) groups is 1. The maximum atomic E-state index is 12.4. The summed E-state index contributed by atoms with van der Waals surface area (Å²) < 4.78 is 7.86. The highest BCUT2D eigenvalue weighted by Gasteiger charge is 2.14. The van der Waals surface area contributed by atoms with Gasteiger partial charge in [-0.1, -0.05) is 12.1 Å². The van der Waals surface area contributed by atoms with Gasteiger partial charge < -0.3 is 19.8 Å². The van der Waals surface area contributed by atoms with E-state index in [4.69, 9.17) is 4.74 Å². The lowest BCUT2D eigenvalue weighted by Crippen LogP contribution is -2.26. The third-order valence-electron chi connectivity index (χ3n) is 5.13. The number of pyridine rings is 1. The quantitative estimate of drug-likeness (QED) is 0.663. The number of ether oxygens (including phenoxy) is 1. The summed E-state index contributed by atoms with van der Waals surface area (Å²) in [6, 6.07) is 11.3. The fourth-order valence-corrected chi connectivity index (χ4v) is 3.56. The van der Waals surface area contributed by atoms with Gasteiger partial charge >= 0.3 is 0 Å². The minimum absolute atomic E-state index is 0.0559. The Morgan fingerprint density at radius 2 is 2.25 bits per heavy atom. The molecule has 0 radical (unpaired) electrons. The average molecular weight is 378 g/mol. The van der Waals surface area contributed by atoms with E-state index in [-0.39, 0.29) is 5.91 Å². The van der Waals surface area contributed by atoms with E-state index in [1.807, 2.05) is 47.1 Å². The zero-order valence-corrected chi connectivity index (χ0v) is 16.1. The lowest BCUT2D eigenvalue weighted by molar-refractivity contribution is 0.0951. The van der Waals surface area contributed by atoms with Crippen molar-refractivity contribution in [3.8, 4) is 5.75 Å². The molecule has 28 heavy (non-hydrogen) atoms. The van der Waals surface area contributed by atoms with Gasteiger partial charge in [0.2, 0.25) is 0 Å². The van der Waals surface area contributed by atoms with Gasteiger partial charge in [-0.05, 0) is 68.6 Å². The van der Waals surface area contributed by atoms with Crippen molar-refractivity contribution in [1.29, 1.82) is 0 Å². The van der Waals surface area contributed by atoms with Crippen LogP contribution >= 0.6 is 0 Å². The molecule has 1 aromatic carbocycles. The van der Waals surface area contributed by atoms with E-state index in [2.05, 4.69) is 22.5 Å². The molecule has 0 bridgehead atoms. The summed E-state index contributed by atoms with van der Waals surface area (Å²) >= 11 is 0. The maximum absolute atomic E-state index is 12.4. The summed E-state index contributed by atoms with van der Waals surface area (Å²) in [5, 5.41) is 6.36. The Morgan fingerprint density at radius 1 is 1.32 bits per heavy atom. The molecule has 6 nitrogen and oxygen atoms in total. The number of hydrogen-bond donors (Lipinski definition) is 2. The van der Waals surface area contributed by atoms with Crippen LogP contribution in [0.25, 0.3) is 5.65 Å². The topological polar surface area (TPSA) is 67.7 Å². The summed E-state index contributed by atoms with van der Waals surface area (Å²) in [6.07, 6.45) is 6.22. The van der Waals surface area contributed by atoms with Crippen LogP contribution in [-0.2, 0) is 6.61 Å². The lowest BCUT2D eigenvalue weighted by atomic mass is 10.1. The number of carbonyl (C=O) groups excluding carboxylic acids is 1. The highest BCUT2D eigenvalue weighted by molar-refractivity contribution is 5.94. The van der Waals surface area contributed by atoms with E-state index in [0.29, 0.717) is 30.4 Å². The van der Waals surface area contributed by atoms with Crippen LogP contribution in [0.5, 0.6) is 5.75 Å². The van der Waals surface area contributed by atoms with Gasteiger partial charge in [-0.3, -0.25) is 4.79 Å². The van der Waals surface area contributed by atoms with Gasteiger partial charge in [0.1, 0.15) is 18.0 Å². The van der Waals surface area contributed by atoms with Crippen LogP contribution in [0.2, 0.25) is 0 Å². The van der Waals surface area contributed by atoms with Crippen molar-refractivity contribution in [2.24, 2.45) is 5.92 Å². The van der Waals surface area contributed by atoms with Crippen molar-refractivity contribution in [2.45, 2.75) is 26.4 Å². The van der Waals surface area contributed by atoms with Crippen LogP contribution in [0.1, 0.15) is 34.5 Å². The van der Waals surface area contributed by atoms with E-state index in [0.717, 1.165) is 30.9 Å². The first kappa shape index (κ1) is 18.5. The molecule has 3 heterocycles. The van der Waals surface area contributed by atoms with Crippen LogP contribution < -0.4 is 15.4 Å². The Morgan fingerprint density at radius 3 is 3.11 bits per heavy atom. The van der Waals surface area contributed by atoms with Crippen LogP contribution in [-0.4, -0.2) is 34.9 Å². The normalized spacial score (nSPS) is 16.4. The summed E-state index contributed by atoms with van der Waals surface area (Å²) in [7, 11) is 0. The number of rotatable bonds is 7. The smallest absolute Gasteiger partial charge is 0.251 e. The van der Waals surface area contributed by atoms with Crippen molar-refractivity contribution < 1.29 is 9.53 Å². The van der Waals surface area contributed by atoms with Gasteiger partial charge in [-0.2, -0.15) is 0 Å². The Bertz CT molecular complexity index is 960. The van der Waals surface area contributed by atoms with Gasteiger partial charge in [0.05, 0.1) is 5.69 Å². The van der Waals surface area contributed by atoms with Crippen LogP contribution in [0.15, 0.2) is 48.8 Å². The second kappa shape index (κ2) is 8.44. The lowest BCUT2D eigenvalue weighted by Gasteiger charge is -2.10. The largest absolute Gasteiger partial charge is 0.487 e. The fourth-order valence-electron chi connectivity index (χ4n) is 3.56. The number of nitrogens with one attached hydrogen (secondary N) is 2. The van der Waals surface area contributed by atoms with E-state index < -0.39 is 0 Å². The molecule has 1 aliphatic heterocycles. The second-order valence-electron chi connectivity index (χ2n) is 7.42. The summed E-state index contributed by atoms with van der Waals surface area (Å²) in [5.74, 6) is 1.28. The monoisotopic (exact) mass is 378 g/mol. The zero-order chi connectivity index (χ0) is 19.3. The zero-order valence-electron chi connectivity index (χ0n) is 16.1. The van der Waals surface area contributed by atoms with E-state index in [9.17, 15) is 4.79 Å². The molecule has 146 valence electrons. The minimum atomic E-state index is -0.0559. The third kappa shape index (κ3) is 4.51. The number of nitrogens with zero attached hydrogens (tertiary/aromatic N) is 2. The maximum Gasteiger partial charge on any atom is 0.251 e. The molecule has 0 spiro atoms. The van der Waals surface area contributed by atoms with Crippen molar-refractivity contribution >= 4 is 11.6 Å². The molecular formula is C22H26N4O2. The summed E-state index contributed by atoms with van der Waals surface area (Å²) in [5.41, 5.74) is 3.55. The highest BCUT2D eigenvalue weighted by atomic mass is 16.5. The minimum Gasteiger partial charge on any atom is -0.487 e. The number of aryl methyl sites for hydroxylation is 1. The van der Waals surface area contributed by atoms with Crippen LogP contribution in [0, 0.1) is 12.8 Å². The Balaban J connectivity index is 1.32. The molecule has 1 atom stereocenters. The number of amides is 1. The van der Waals surface area contributed by atoms with E-state index in [1.165, 1.54) is 12.0 Å². The molecule has 4 rings (SSSR count). The third-order valence-corrected chi connectivity index (χ3v) is 5.13. The van der Waals surface area contributed by atoms with Crippen molar-refractivity contribution in [1.82, 2.24) is 20.0 Å². The predicted molar refractivity (Wildman–Crippen MR) is 109 cm³/mol. The first-order chi connectivity index (χ1) is 13.7. The molecule has 1 unspecified atom stereocenters. The standard InChI is InChI=1S/C22H26N4O2/c1-16-5-6-21-25-19(14-26(21)13-16)15-28-20-4-2-3-18(11-20)22(27)24-10-8-17-7-9-23-12-17/h2-6,11,13-14,17,23H,7-10,12,15H2,1H3,(H,24,27). The van der Waals surface area contributed by atoms with E-state index in [1.54, 1.807) is 6.07 Å². The van der Waals surface area contributed by atoms with Crippen LogP contribution in [0.3, 0.4) is 0 Å². The average Bonchev–Trinajstić information content (AvgIpc) is 3.35. The van der Waals surface area contributed by atoms with Crippen molar-refractivity contribution in [2.75, 3.05) is 19.6 Å². The van der Waals surface area contributed by atoms with Crippen molar-refractivity contribution in [3.05, 3.63) is 65.6 Å². The fraction of sp³-hybridized carbons (Fsp3) is 0.364. The molecule has 0 saturated carbocycles.